The first kappa shape index (κ1) is 9.63. The number of carbonyl (C=O) groups is 1. The van der Waals surface area contributed by atoms with Crippen molar-refractivity contribution < 1.29 is 4.79 Å². The summed E-state index contributed by atoms with van der Waals surface area (Å²) in [5, 5.41) is 6.27. The van der Waals surface area contributed by atoms with Crippen molar-refractivity contribution in [3.63, 3.8) is 0 Å². The molecule has 2 heterocycles. The zero-order chi connectivity index (χ0) is 11.2. The minimum absolute atomic E-state index is 0.150. The van der Waals surface area contributed by atoms with Crippen molar-refractivity contribution in [3.05, 3.63) is 17.8 Å². The van der Waals surface area contributed by atoms with Gasteiger partial charge in [0, 0.05) is 12.7 Å². The molecule has 4 nitrogen and oxygen atoms in total. The zero-order valence-corrected chi connectivity index (χ0v) is 9.34. The molecule has 0 aromatic carbocycles. The SMILES string of the molecule is Cc1cnc2c(c1)NC(=O)C1(CCC1)CN2. The molecule has 0 unspecified atom stereocenters. The summed E-state index contributed by atoms with van der Waals surface area (Å²) in [6.45, 7) is 2.69. The number of aryl methyl sites for hydroxylation is 1. The third-order valence-electron chi connectivity index (χ3n) is 3.66. The summed E-state index contributed by atoms with van der Waals surface area (Å²) >= 11 is 0. The fraction of sp³-hybridized carbons (Fsp3) is 0.500. The molecule has 1 fully saturated rings. The van der Waals surface area contributed by atoms with Gasteiger partial charge in [-0.1, -0.05) is 6.42 Å². The van der Waals surface area contributed by atoms with Crippen molar-refractivity contribution in [1.29, 1.82) is 0 Å². The number of hydrogen-bond donors (Lipinski definition) is 2. The molecule has 1 amide bonds. The number of nitrogens with zero attached hydrogens (tertiary/aromatic N) is 1. The Bertz CT molecular complexity index is 452. The van der Waals surface area contributed by atoms with Crippen LogP contribution in [0, 0.1) is 12.3 Å². The van der Waals surface area contributed by atoms with E-state index in [0.717, 1.165) is 36.3 Å². The van der Waals surface area contributed by atoms with Gasteiger partial charge >= 0.3 is 0 Å². The van der Waals surface area contributed by atoms with E-state index < -0.39 is 0 Å². The number of rotatable bonds is 0. The molecule has 0 radical (unpaired) electrons. The molecule has 2 N–H and O–H groups in total. The van der Waals surface area contributed by atoms with Crippen LogP contribution in [-0.4, -0.2) is 17.4 Å². The Balaban J connectivity index is 1.97. The Kier molecular flexibility index (Phi) is 1.93. The van der Waals surface area contributed by atoms with Gasteiger partial charge in [-0.25, -0.2) is 4.98 Å². The average molecular weight is 217 g/mol. The lowest BCUT2D eigenvalue weighted by molar-refractivity contribution is -0.129. The number of anilines is 2. The Labute approximate surface area is 94.5 Å². The van der Waals surface area contributed by atoms with E-state index >= 15 is 0 Å². The highest BCUT2D eigenvalue weighted by Crippen LogP contribution is 2.44. The van der Waals surface area contributed by atoms with E-state index in [-0.39, 0.29) is 11.3 Å². The van der Waals surface area contributed by atoms with Gasteiger partial charge in [0.05, 0.1) is 11.1 Å². The second kappa shape index (κ2) is 3.20. The van der Waals surface area contributed by atoms with Gasteiger partial charge in [-0.3, -0.25) is 4.79 Å². The van der Waals surface area contributed by atoms with Gasteiger partial charge in [-0.05, 0) is 31.4 Å². The third-order valence-corrected chi connectivity index (χ3v) is 3.66. The molecular weight excluding hydrogens is 202 g/mol. The van der Waals surface area contributed by atoms with Crippen LogP contribution in [0.3, 0.4) is 0 Å². The van der Waals surface area contributed by atoms with E-state index in [1.54, 1.807) is 0 Å². The monoisotopic (exact) mass is 217 g/mol. The van der Waals surface area contributed by atoms with Crippen molar-refractivity contribution in [2.24, 2.45) is 5.41 Å². The molecule has 1 saturated carbocycles. The number of hydrogen-bond acceptors (Lipinski definition) is 3. The highest BCUT2D eigenvalue weighted by Gasteiger charge is 2.45. The van der Waals surface area contributed by atoms with Crippen LogP contribution in [0.1, 0.15) is 24.8 Å². The number of pyridine rings is 1. The lowest BCUT2D eigenvalue weighted by atomic mass is 9.68. The molecule has 1 aromatic heterocycles. The van der Waals surface area contributed by atoms with Gasteiger partial charge in [0.25, 0.3) is 0 Å². The number of aromatic nitrogens is 1. The van der Waals surface area contributed by atoms with E-state index in [1.807, 2.05) is 19.2 Å². The van der Waals surface area contributed by atoms with E-state index in [2.05, 4.69) is 15.6 Å². The van der Waals surface area contributed by atoms with Crippen molar-refractivity contribution in [3.8, 4) is 0 Å². The third kappa shape index (κ3) is 1.29. The number of amides is 1. The largest absolute Gasteiger partial charge is 0.367 e. The summed E-state index contributed by atoms with van der Waals surface area (Å²) in [6, 6.07) is 1.96. The minimum atomic E-state index is -0.186. The van der Waals surface area contributed by atoms with Crippen LogP contribution in [0.5, 0.6) is 0 Å². The summed E-state index contributed by atoms with van der Waals surface area (Å²) in [5.74, 6) is 0.945. The molecule has 0 saturated heterocycles. The van der Waals surface area contributed by atoms with E-state index in [0.29, 0.717) is 6.54 Å². The molecule has 84 valence electrons. The molecule has 1 aliphatic heterocycles. The Hall–Kier alpha value is -1.58. The van der Waals surface area contributed by atoms with Gasteiger partial charge in [0.2, 0.25) is 5.91 Å². The molecule has 0 atom stereocenters. The summed E-state index contributed by atoms with van der Waals surface area (Å²) in [6.07, 6.45) is 4.94. The molecule has 1 spiro atoms. The Morgan fingerprint density at radius 3 is 2.94 bits per heavy atom. The molecule has 1 aromatic rings. The van der Waals surface area contributed by atoms with Crippen LogP contribution >= 0.6 is 0 Å². The van der Waals surface area contributed by atoms with Crippen LogP contribution in [0.4, 0.5) is 11.5 Å². The first-order valence-electron chi connectivity index (χ1n) is 5.72. The highest BCUT2D eigenvalue weighted by molar-refractivity contribution is 5.99. The van der Waals surface area contributed by atoms with Crippen LogP contribution in [0.25, 0.3) is 0 Å². The lowest BCUT2D eigenvalue weighted by Crippen LogP contribution is -2.45. The smallest absolute Gasteiger partial charge is 0.232 e. The molecule has 2 aliphatic rings. The fourth-order valence-corrected chi connectivity index (χ4v) is 2.40. The summed E-state index contributed by atoms with van der Waals surface area (Å²) in [7, 11) is 0. The van der Waals surface area contributed by atoms with Gasteiger partial charge in [0.15, 0.2) is 0 Å². The Morgan fingerprint density at radius 2 is 2.25 bits per heavy atom. The quantitative estimate of drug-likeness (QED) is 0.698. The topological polar surface area (TPSA) is 54.0 Å². The van der Waals surface area contributed by atoms with Gasteiger partial charge < -0.3 is 10.6 Å². The fourth-order valence-electron chi connectivity index (χ4n) is 2.40. The summed E-state index contributed by atoms with van der Waals surface area (Å²) < 4.78 is 0. The molecule has 3 rings (SSSR count). The van der Waals surface area contributed by atoms with Gasteiger partial charge in [0.1, 0.15) is 5.82 Å². The summed E-state index contributed by atoms with van der Waals surface area (Å²) in [4.78, 5) is 16.4. The second-order valence-electron chi connectivity index (χ2n) is 4.85. The number of nitrogens with one attached hydrogen (secondary N) is 2. The van der Waals surface area contributed by atoms with E-state index in [1.165, 1.54) is 0 Å². The van der Waals surface area contributed by atoms with Gasteiger partial charge in [-0.15, -0.1) is 0 Å². The predicted molar refractivity (Wildman–Crippen MR) is 62.4 cm³/mol. The molecule has 1 aliphatic carbocycles. The van der Waals surface area contributed by atoms with Crippen molar-refractivity contribution in [2.45, 2.75) is 26.2 Å². The van der Waals surface area contributed by atoms with Crippen LogP contribution < -0.4 is 10.6 Å². The molecule has 4 heteroatoms. The number of carbonyl (C=O) groups excluding carboxylic acids is 1. The summed E-state index contributed by atoms with van der Waals surface area (Å²) in [5.41, 5.74) is 1.69. The Morgan fingerprint density at radius 1 is 1.44 bits per heavy atom. The van der Waals surface area contributed by atoms with Crippen molar-refractivity contribution in [2.75, 3.05) is 17.2 Å². The maximum absolute atomic E-state index is 12.1. The standard InChI is InChI=1S/C12H15N3O/c1-8-5-9-10(13-6-8)14-7-12(3-2-4-12)11(16)15-9/h5-6H,2-4,7H2,1H3,(H,13,14)(H,15,16). The van der Waals surface area contributed by atoms with Crippen molar-refractivity contribution in [1.82, 2.24) is 4.98 Å². The van der Waals surface area contributed by atoms with E-state index in [4.69, 9.17) is 0 Å². The second-order valence-corrected chi connectivity index (χ2v) is 4.85. The minimum Gasteiger partial charge on any atom is -0.367 e. The lowest BCUT2D eigenvalue weighted by Gasteiger charge is -2.38. The maximum atomic E-state index is 12.1. The molecule has 0 bridgehead atoms. The normalized spacial score (nSPS) is 21.4. The highest BCUT2D eigenvalue weighted by atomic mass is 16.2. The maximum Gasteiger partial charge on any atom is 0.232 e. The molecule has 16 heavy (non-hydrogen) atoms. The average Bonchev–Trinajstić information content (AvgIpc) is 2.32. The zero-order valence-electron chi connectivity index (χ0n) is 9.34. The first-order chi connectivity index (χ1) is 7.70. The van der Waals surface area contributed by atoms with Gasteiger partial charge in [-0.2, -0.15) is 0 Å². The number of fused-ring (bicyclic) bond motifs is 1. The molecular formula is C12H15N3O. The van der Waals surface area contributed by atoms with Crippen LogP contribution in [0.15, 0.2) is 12.3 Å². The van der Waals surface area contributed by atoms with Crippen molar-refractivity contribution >= 4 is 17.4 Å². The van der Waals surface area contributed by atoms with E-state index in [9.17, 15) is 4.79 Å². The van der Waals surface area contributed by atoms with Crippen LogP contribution in [0.2, 0.25) is 0 Å². The first-order valence-corrected chi connectivity index (χ1v) is 5.72. The van der Waals surface area contributed by atoms with Crippen LogP contribution in [-0.2, 0) is 4.79 Å². The predicted octanol–water partition coefficient (Wildman–Crippen LogP) is 1.92.